The Hall–Kier alpha value is -3.79. The van der Waals surface area contributed by atoms with E-state index >= 15 is 0 Å². The summed E-state index contributed by atoms with van der Waals surface area (Å²) in [4.78, 5) is 13.5. The number of methoxy groups -OCH3 is 2. The molecule has 0 aliphatic heterocycles. The minimum absolute atomic E-state index is 0.0637. The Bertz CT molecular complexity index is 1330. The molecule has 1 aliphatic rings. The van der Waals surface area contributed by atoms with Gasteiger partial charge >= 0.3 is 0 Å². The zero-order valence-electron chi connectivity index (χ0n) is 17.4. The quantitative estimate of drug-likeness (QED) is 0.434. The van der Waals surface area contributed by atoms with Gasteiger partial charge in [0.2, 0.25) is 5.43 Å². The van der Waals surface area contributed by atoms with Gasteiger partial charge in [-0.3, -0.25) is 4.79 Å². The van der Waals surface area contributed by atoms with Crippen LogP contribution in [0.2, 0.25) is 0 Å². The van der Waals surface area contributed by atoms with Crippen molar-refractivity contribution in [3.63, 3.8) is 0 Å². The van der Waals surface area contributed by atoms with Crippen LogP contribution in [0.5, 0.6) is 11.5 Å². The summed E-state index contributed by atoms with van der Waals surface area (Å²) in [5.41, 5.74) is 4.41. The standard InChI is InChI=1S/C27H22O4/c1-29-19-13-11-18(12-14-19)20-15-22-25(16-21(20)17-7-4-3-5-8-17)31-24-10-6-9-23(30-2)26(24)27(22)28/h3-15,21H,16H2,1-2H3. The summed E-state index contributed by atoms with van der Waals surface area (Å²) < 4.78 is 17.0. The fourth-order valence-electron chi connectivity index (χ4n) is 4.34. The number of allylic oxidation sites excluding steroid dienone is 1. The first-order valence-corrected chi connectivity index (χ1v) is 10.2. The minimum atomic E-state index is -0.0637. The Morgan fingerprint density at radius 2 is 1.65 bits per heavy atom. The van der Waals surface area contributed by atoms with Crippen LogP contribution >= 0.6 is 0 Å². The Balaban J connectivity index is 1.75. The molecule has 4 heteroatoms. The molecular formula is C27H22O4. The lowest BCUT2D eigenvalue weighted by Gasteiger charge is -2.26. The van der Waals surface area contributed by atoms with Gasteiger partial charge in [0.05, 0.1) is 19.8 Å². The molecule has 0 fully saturated rings. The van der Waals surface area contributed by atoms with Crippen LogP contribution in [0.3, 0.4) is 0 Å². The summed E-state index contributed by atoms with van der Waals surface area (Å²) in [6, 6.07) is 23.7. The minimum Gasteiger partial charge on any atom is -0.497 e. The van der Waals surface area contributed by atoms with Crippen molar-refractivity contribution in [1.82, 2.24) is 0 Å². The number of ether oxygens (including phenoxy) is 2. The molecule has 0 saturated heterocycles. The first-order valence-electron chi connectivity index (χ1n) is 10.2. The maximum absolute atomic E-state index is 13.5. The molecule has 0 radical (unpaired) electrons. The van der Waals surface area contributed by atoms with E-state index in [-0.39, 0.29) is 11.3 Å². The highest BCUT2D eigenvalue weighted by Gasteiger charge is 2.28. The van der Waals surface area contributed by atoms with Gasteiger partial charge in [-0.2, -0.15) is 0 Å². The number of fused-ring (bicyclic) bond motifs is 2. The predicted octanol–water partition coefficient (Wildman–Crippen LogP) is 5.69. The molecule has 0 spiro atoms. The molecule has 31 heavy (non-hydrogen) atoms. The van der Waals surface area contributed by atoms with Gasteiger partial charge < -0.3 is 13.9 Å². The zero-order valence-corrected chi connectivity index (χ0v) is 17.4. The number of rotatable bonds is 4. The van der Waals surface area contributed by atoms with E-state index in [1.807, 2.05) is 60.7 Å². The highest BCUT2D eigenvalue weighted by Crippen LogP contribution is 2.41. The largest absolute Gasteiger partial charge is 0.497 e. The summed E-state index contributed by atoms with van der Waals surface area (Å²) in [7, 11) is 3.22. The lowest BCUT2D eigenvalue weighted by atomic mass is 9.78. The normalized spacial score (nSPS) is 15.3. The van der Waals surface area contributed by atoms with Gasteiger partial charge in [0, 0.05) is 12.3 Å². The molecule has 1 unspecified atom stereocenters. The number of hydrogen-bond acceptors (Lipinski definition) is 4. The van der Waals surface area contributed by atoms with Crippen molar-refractivity contribution in [2.45, 2.75) is 12.3 Å². The highest BCUT2D eigenvalue weighted by atomic mass is 16.5. The van der Waals surface area contributed by atoms with Crippen molar-refractivity contribution in [2.75, 3.05) is 14.2 Å². The van der Waals surface area contributed by atoms with Gasteiger partial charge in [0.25, 0.3) is 0 Å². The number of benzene rings is 3. The predicted molar refractivity (Wildman–Crippen MR) is 123 cm³/mol. The molecular weight excluding hydrogens is 388 g/mol. The third-order valence-corrected chi connectivity index (χ3v) is 5.90. The molecule has 4 nitrogen and oxygen atoms in total. The van der Waals surface area contributed by atoms with Crippen molar-refractivity contribution in [3.05, 3.63) is 105 Å². The maximum Gasteiger partial charge on any atom is 0.203 e. The highest BCUT2D eigenvalue weighted by molar-refractivity contribution is 5.92. The van der Waals surface area contributed by atoms with E-state index in [1.165, 1.54) is 5.56 Å². The fourth-order valence-corrected chi connectivity index (χ4v) is 4.34. The van der Waals surface area contributed by atoms with Gasteiger partial charge in [-0.05, 0) is 47.0 Å². The van der Waals surface area contributed by atoms with Crippen molar-refractivity contribution in [2.24, 2.45) is 0 Å². The van der Waals surface area contributed by atoms with Crippen molar-refractivity contribution < 1.29 is 13.9 Å². The van der Waals surface area contributed by atoms with Crippen LogP contribution in [0.15, 0.2) is 82.0 Å². The Kier molecular flexibility index (Phi) is 4.83. The maximum atomic E-state index is 13.5. The van der Waals surface area contributed by atoms with Crippen LogP contribution in [-0.4, -0.2) is 14.2 Å². The molecule has 0 amide bonds. The molecule has 5 rings (SSSR count). The Labute approximate surface area is 180 Å². The summed E-state index contributed by atoms with van der Waals surface area (Å²) in [5, 5.41) is 0.479. The monoisotopic (exact) mass is 410 g/mol. The molecule has 1 atom stereocenters. The third-order valence-electron chi connectivity index (χ3n) is 5.90. The molecule has 154 valence electrons. The van der Waals surface area contributed by atoms with E-state index in [2.05, 4.69) is 12.1 Å². The van der Waals surface area contributed by atoms with Crippen LogP contribution in [-0.2, 0) is 6.42 Å². The molecule has 0 saturated carbocycles. The summed E-state index contributed by atoms with van der Waals surface area (Å²) in [6.45, 7) is 0. The average Bonchev–Trinajstić information content (AvgIpc) is 2.83. The Morgan fingerprint density at radius 3 is 2.35 bits per heavy atom. The molecule has 0 bridgehead atoms. The topological polar surface area (TPSA) is 48.7 Å². The second kappa shape index (κ2) is 7.80. The first-order chi connectivity index (χ1) is 15.2. The smallest absolute Gasteiger partial charge is 0.203 e. The van der Waals surface area contributed by atoms with Crippen molar-refractivity contribution >= 4 is 22.6 Å². The summed E-state index contributed by atoms with van der Waals surface area (Å²) in [6.07, 6.45) is 2.59. The van der Waals surface area contributed by atoms with E-state index in [0.717, 1.165) is 16.9 Å². The second-order valence-corrected chi connectivity index (χ2v) is 7.60. The molecule has 1 aliphatic carbocycles. The zero-order chi connectivity index (χ0) is 21.4. The van der Waals surface area contributed by atoms with E-state index in [0.29, 0.717) is 34.5 Å². The summed E-state index contributed by atoms with van der Waals surface area (Å²) in [5.74, 6) is 2.11. The van der Waals surface area contributed by atoms with Gasteiger partial charge in [-0.1, -0.05) is 48.5 Å². The van der Waals surface area contributed by atoms with Crippen LogP contribution in [0, 0.1) is 0 Å². The molecule has 1 aromatic heterocycles. The fraction of sp³-hybridized carbons (Fsp3) is 0.148. The van der Waals surface area contributed by atoms with Crippen LogP contribution in [0.1, 0.15) is 28.4 Å². The van der Waals surface area contributed by atoms with Gasteiger partial charge in [0.15, 0.2) is 0 Å². The summed E-state index contributed by atoms with van der Waals surface area (Å²) >= 11 is 0. The third kappa shape index (κ3) is 3.30. The van der Waals surface area contributed by atoms with Gasteiger partial charge in [-0.15, -0.1) is 0 Å². The lowest BCUT2D eigenvalue weighted by Crippen LogP contribution is -2.18. The van der Waals surface area contributed by atoms with Crippen molar-refractivity contribution in [1.29, 1.82) is 0 Å². The average molecular weight is 410 g/mol. The molecule has 3 aromatic carbocycles. The molecule has 0 N–H and O–H groups in total. The van der Waals surface area contributed by atoms with Gasteiger partial charge in [-0.25, -0.2) is 0 Å². The molecule has 4 aromatic rings. The van der Waals surface area contributed by atoms with Crippen LogP contribution in [0.4, 0.5) is 0 Å². The van der Waals surface area contributed by atoms with Gasteiger partial charge in [0.1, 0.15) is 28.2 Å². The van der Waals surface area contributed by atoms with E-state index in [1.54, 1.807) is 20.3 Å². The SMILES string of the molecule is COc1ccc(C2=Cc3c(oc4cccc(OC)c4c3=O)CC2c2ccccc2)cc1. The number of hydrogen-bond donors (Lipinski definition) is 0. The lowest BCUT2D eigenvalue weighted by molar-refractivity contribution is 0.414. The van der Waals surface area contributed by atoms with Crippen LogP contribution in [0.25, 0.3) is 22.6 Å². The second-order valence-electron chi connectivity index (χ2n) is 7.60. The van der Waals surface area contributed by atoms with E-state index in [4.69, 9.17) is 13.9 Å². The van der Waals surface area contributed by atoms with E-state index in [9.17, 15) is 4.79 Å². The molecule has 1 heterocycles. The van der Waals surface area contributed by atoms with Crippen molar-refractivity contribution in [3.8, 4) is 11.5 Å². The first kappa shape index (κ1) is 19.2. The van der Waals surface area contributed by atoms with E-state index < -0.39 is 0 Å². The Morgan fingerprint density at radius 1 is 0.871 bits per heavy atom. The van der Waals surface area contributed by atoms with Crippen LogP contribution < -0.4 is 14.9 Å².